The monoisotopic (exact) mass is 522 g/mol. The van der Waals surface area contributed by atoms with Crippen LogP contribution in [-0.4, -0.2) is 5.97 Å². The van der Waals surface area contributed by atoms with Crippen molar-refractivity contribution in [1.82, 2.24) is 0 Å². The molecule has 38 heavy (non-hydrogen) atoms. The van der Waals surface area contributed by atoms with Gasteiger partial charge in [0, 0.05) is 11.5 Å². The van der Waals surface area contributed by atoms with E-state index in [1.807, 2.05) is 0 Å². The van der Waals surface area contributed by atoms with Crippen molar-refractivity contribution in [3.8, 4) is 17.2 Å². The van der Waals surface area contributed by atoms with Crippen LogP contribution in [0.3, 0.4) is 0 Å². The van der Waals surface area contributed by atoms with E-state index < -0.39 is 45.9 Å². The van der Waals surface area contributed by atoms with Crippen molar-refractivity contribution in [3.63, 3.8) is 0 Å². The van der Waals surface area contributed by atoms with E-state index in [0.717, 1.165) is 23.3 Å². The van der Waals surface area contributed by atoms with Crippen molar-refractivity contribution < 1.29 is 36.3 Å². The molecule has 0 fully saturated rings. The summed E-state index contributed by atoms with van der Waals surface area (Å²) in [6, 6.07) is 15.8. The smallest absolute Gasteiger partial charge is 0.449 e. The van der Waals surface area contributed by atoms with Gasteiger partial charge in [-0.2, -0.15) is 13.2 Å². The number of aryl methyl sites for hydroxylation is 2. The molecular weight excluding hydrogens is 505 g/mol. The van der Waals surface area contributed by atoms with E-state index in [0.29, 0.717) is 5.39 Å². The van der Waals surface area contributed by atoms with Crippen LogP contribution < -0.4 is 20.5 Å². The average molecular weight is 522 g/mol. The fourth-order valence-electron chi connectivity index (χ4n) is 3.98. The summed E-state index contributed by atoms with van der Waals surface area (Å²) in [6.07, 6.45) is -5.07. The average Bonchev–Trinajstić information content (AvgIpc) is 2.83. The van der Waals surface area contributed by atoms with E-state index in [2.05, 4.69) is 0 Å². The first-order chi connectivity index (χ1) is 18.0. The van der Waals surface area contributed by atoms with E-state index >= 15 is 0 Å². The lowest BCUT2D eigenvalue weighted by Crippen LogP contribution is -2.19. The number of ether oxygens (including phenoxy) is 2. The summed E-state index contributed by atoms with van der Waals surface area (Å²) in [4.78, 5) is 37.9. The molecule has 2 aromatic heterocycles. The predicted molar refractivity (Wildman–Crippen MR) is 131 cm³/mol. The first kappa shape index (κ1) is 24.8. The lowest BCUT2D eigenvalue weighted by atomic mass is 10.1. The Balaban J connectivity index is 1.54. The molecule has 5 rings (SSSR count). The number of carbonyl (C=O) groups is 1. The van der Waals surface area contributed by atoms with Crippen LogP contribution in [0.1, 0.15) is 27.2 Å². The van der Waals surface area contributed by atoms with Crippen LogP contribution in [0.15, 0.2) is 85.2 Å². The number of carbonyl (C=O) groups excluding carboxylic acids is 1. The maximum atomic E-state index is 13.9. The second-order valence-electron chi connectivity index (χ2n) is 8.55. The Kier molecular flexibility index (Phi) is 6.02. The van der Waals surface area contributed by atoms with Gasteiger partial charge in [0.1, 0.15) is 28.2 Å². The molecule has 192 valence electrons. The van der Waals surface area contributed by atoms with Crippen LogP contribution in [0, 0.1) is 13.8 Å². The quantitative estimate of drug-likeness (QED) is 0.150. The fourth-order valence-corrected chi connectivity index (χ4v) is 3.98. The lowest BCUT2D eigenvalue weighted by Gasteiger charge is -2.14. The number of fused-ring (bicyclic) bond motifs is 2. The molecule has 10 heteroatoms. The van der Waals surface area contributed by atoms with Gasteiger partial charge in [0.25, 0.3) is 5.76 Å². The largest absolute Gasteiger partial charge is 0.453 e. The van der Waals surface area contributed by atoms with Crippen molar-refractivity contribution in [2.75, 3.05) is 0 Å². The van der Waals surface area contributed by atoms with Gasteiger partial charge >= 0.3 is 17.8 Å². The second-order valence-corrected chi connectivity index (χ2v) is 8.55. The van der Waals surface area contributed by atoms with Crippen molar-refractivity contribution in [3.05, 3.63) is 110 Å². The van der Waals surface area contributed by atoms with Gasteiger partial charge in [-0.3, -0.25) is 4.79 Å². The van der Waals surface area contributed by atoms with Crippen LogP contribution in [0.4, 0.5) is 13.2 Å². The van der Waals surface area contributed by atoms with E-state index in [1.165, 1.54) is 24.3 Å². The molecule has 0 aliphatic rings. The molecule has 0 radical (unpaired) electrons. The molecule has 0 atom stereocenters. The third-order valence-corrected chi connectivity index (χ3v) is 5.57. The van der Waals surface area contributed by atoms with Crippen LogP contribution in [0.5, 0.6) is 17.2 Å². The molecule has 5 aromatic rings. The Labute approximate surface area is 211 Å². The highest BCUT2D eigenvalue weighted by Crippen LogP contribution is 2.39. The van der Waals surface area contributed by atoms with Gasteiger partial charge in [-0.15, -0.1) is 0 Å². The number of benzene rings is 3. The number of hydrogen-bond donors (Lipinski definition) is 0. The van der Waals surface area contributed by atoms with Gasteiger partial charge < -0.3 is 18.3 Å². The van der Waals surface area contributed by atoms with Gasteiger partial charge in [-0.1, -0.05) is 24.3 Å². The molecule has 0 amide bonds. The normalized spacial score (nSPS) is 11.6. The van der Waals surface area contributed by atoms with Crippen LogP contribution in [0.2, 0.25) is 0 Å². The highest BCUT2D eigenvalue weighted by atomic mass is 19.4. The Morgan fingerprint density at radius 2 is 1.53 bits per heavy atom. The highest BCUT2D eigenvalue weighted by molar-refractivity contribution is 5.94. The number of rotatable bonds is 4. The first-order valence-corrected chi connectivity index (χ1v) is 11.2. The van der Waals surface area contributed by atoms with E-state index in [-0.39, 0.29) is 22.5 Å². The molecule has 0 bridgehead atoms. The molecule has 0 saturated heterocycles. The Bertz CT molecular complexity index is 1830. The molecule has 0 saturated carbocycles. The number of hydrogen-bond acceptors (Lipinski definition) is 7. The molecule has 0 aliphatic heterocycles. The number of halogens is 3. The predicted octanol–water partition coefficient (Wildman–Crippen LogP) is 6.55. The van der Waals surface area contributed by atoms with E-state index in [4.69, 9.17) is 18.3 Å². The Hall–Kier alpha value is -4.86. The van der Waals surface area contributed by atoms with E-state index in [9.17, 15) is 27.6 Å². The number of para-hydroxylation sites is 1. The maximum absolute atomic E-state index is 13.9. The van der Waals surface area contributed by atoms with Crippen LogP contribution in [0.25, 0.3) is 21.9 Å². The van der Waals surface area contributed by atoms with Crippen molar-refractivity contribution in [1.29, 1.82) is 0 Å². The summed E-state index contributed by atoms with van der Waals surface area (Å²) in [5, 5.41) is 0.233. The van der Waals surface area contributed by atoms with Crippen LogP contribution in [-0.2, 0) is 6.18 Å². The molecule has 0 spiro atoms. The highest BCUT2D eigenvalue weighted by Gasteiger charge is 2.40. The molecular formula is C28H17F3O7. The molecule has 0 aliphatic carbocycles. The van der Waals surface area contributed by atoms with Crippen molar-refractivity contribution in [2.45, 2.75) is 20.0 Å². The molecule has 0 unspecified atom stereocenters. The maximum Gasteiger partial charge on any atom is 0.453 e. The summed E-state index contributed by atoms with van der Waals surface area (Å²) < 4.78 is 62.4. The lowest BCUT2D eigenvalue weighted by molar-refractivity contribution is -0.154. The zero-order valence-electron chi connectivity index (χ0n) is 19.8. The van der Waals surface area contributed by atoms with Crippen LogP contribution >= 0.6 is 0 Å². The minimum atomic E-state index is -5.07. The minimum Gasteiger partial charge on any atom is -0.449 e. The fraction of sp³-hybridized carbons (Fsp3) is 0.107. The topological polar surface area (TPSA) is 95.9 Å². The van der Waals surface area contributed by atoms with Crippen molar-refractivity contribution in [2.24, 2.45) is 0 Å². The van der Waals surface area contributed by atoms with Gasteiger partial charge in [0.15, 0.2) is 0 Å². The van der Waals surface area contributed by atoms with E-state index in [1.54, 1.807) is 44.2 Å². The number of esters is 1. The third kappa shape index (κ3) is 4.75. The standard InChI is InChI=1S/C28H17F3O7/c1-14-9-15(2)11-18(10-14)35-24-23(32)19-8-7-17(13-22(19)37-25(24)28(29,30)31)36-26(33)20-12-16-5-3-4-6-21(16)38-27(20)34/h3-13H,1-2H3. The molecule has 3 aromatic carbocycles. The minimum absolute atomic E-state index is 0.0411. The zero-order chi connectivity index (χ0) is 27.2. The van der Waals surface area contributed by atoms with Gasteiger partial charge in [0.2, 0.25) is 11.2 Å². The molecule has 7 nitrogen and oxygen atoms in total. The zero-order valence-corrected chi connectivity index (χ0v) is 19.8. The summed E-state index contributed by atoms with van der Waals surface area (Å²) >= 11 is 0. The Morgan fingerprint density at radius 1 is 0.816 bits per heavy atom. The summed E-state index contributed by atoms with van der Waals surface area (Å²) in [5.41, 5.74) is -1.21. The molecule has 0 N–H and O–H groups in total. The first-order valence-electron chi connectivity index (χ1n) is 11.2. The summed E-state index contributed by atoms with van der Waals surface area (Å²) in [7, 11) is 0. The summed E-state index contributed by atoms with van der Waals surface area (Å²) in [5.74, 6) is -3.98. The van der Waals surface area contributed by atoms with Crippen molar-refractivity contribution >= 4 is 27.9 Å². The third-order valence-electron chi connectivity index (χ3n) is 5.57. The van der Waals surface area contributed by atoms with Gasteiger partial charge in [0.05, 0.1) is 5.39 Å². The second kappa shape index (κ2) is 9.22. The molecule has 2 heterocycles. The number of alkyl halides is 3. The Morgan fingerprint density at radius 3 is 2.24 bits per heavy atom. The van der Waals surface area contributed by atoms with Gasteiger partial charge in [-0.05, 0) is 61.4 Å². The van der Waals surface area contributed by atoms with Gasteiger partial charge in [-0.25, -0.2) is 9.59 Å². The SMILES string of the molecule is Cc1cc(C)cc(Oc2c(C(F)(F)F)oc3cc(OC(=O)c4cc5ccccc5oc4=O)ccc3c2=O)c1. The summed E-state index contributed by atoms with van der Waals surface area (Å²) in [6.45, 7) is 3.47.